The molecule has 16 heavy (non-hydrogen) atoms. The summed E-state index contributed by atoms with van der Waals surface area (Å²) < 4.78 is 71.2. The van der Waals surface area contributed by atoms with Crippen molar-refractivity contribution in [3.05, 3.63) is 35.9 Å². The summed E-state index contributed by atoms with van der Waals surface area (Å²) in [5.41, 5.74) is -0.0320. The second-order valence-electron chi connectivity index (χ2n) is 3.22. The highest BCUT2D eigenvalue weighted by Gasteiger charge is 2.30. The third-order valence-electron chi connectivity index (χ3n) is 2.19. The van der Waals surface area contributed by atoms with E-state index in [0.29, 0.717) is 0 Å². The Balaban J connectivity index is 2.74. The maximum absolute atomic E-state index is 11.8. The summed E-state index contributed by atoms with van der Waals surface area (Å²) in [6, 6.07) is 4.07. The molecule has 2 rings (SSSR count). The van der Waals surface area contributed by atoms with Gasteiger partial charge in [0.25, 0.3) is 0 Å². The fraction of sp³-hybridized carbons (Fsp3) is 0.462. The first kappa shape index (κ1) is 4.49. The van der Waals surface area contributed by atoms with E-state index in [2.05, 4.69) is 0 Å². The second-order valence-corrected chi connectivity index (χ2v) is 3.22. The van der Waals surface area contributed by atoms with Crippen LogP contribution in [0.15, 0.2) is 30.3 Å². The number of aliphatic carboxylic acids is 1. The molecule has 0 spiro atoms. The van der Waals surface area contributed by atoms with Crippen LogP contribution in [-0.4, -0.2) is 23.6 Å². The molecule has 3 nitrogen and oxygen atoms in total. The number of hydrogen-bond acceptors (Lipinski definition) is 2. The average Bonchev–Trinajstić information content (AvgIpc) is 2.45. The Labute approximate surface area is 108 Å². The van der Waals surface area contributed by atoms with Gasteiger partial charge in [-0.05, 0) is 24.8 Å². The molecule has 1 aromatic carbocycles. The molecule has 0 radical (unpaired) electrons. The molecule has 3 heteroatoms. The summed E-state index contributed by atoms with van der Waals surface area (Å²) in [6.07, 6.45) is -10.2. The Morgan fingerprint density at radius 3 is 2.94 bits per heavy atom. The number of piperidine rings is 1. The van der Waals surface area contributed by atoms with Crippen LogP contribution in [0.3, 0.4) is 0 Å². The van der Waals surface area contributed by atoms with Crippen LogP contribution >= 0.6 is 0 Å². The van der Waals surface area contributed by atoms with E-state index in [4.69, 9.17) is 12.3 Å². The van der Waals surface area contributed by atoms with Crippen LogP contribution in [0.1, 0.15) is 42.9 Å². The zero-order chi connectivity index (χ0) is 19.5. The molecule has 0 amide bonds. The molecule has 0 aliphatic carbocycles. The van der Waals surface area contributed by atoms with E-state index in [-0.39, 0.29) is 5.56 Å². The minimum absolute atomic E-state index is 0.0320. The number of benzene rings is 1. The monoisotopic (exact) mass is 228 g/mol. The number of carbonyl (C=O) groups is 1. The lowest BCUT2D eigenvalue weighted by molar-refractivity contribution is -0.139. The summed E-state index contributed by atoms with van der Waals surface area (Å²) in [7, 11) is 0. The van der Waals surface area contributed by atoms with Gasteiger partial charge in [0.05, 0.1) is 5.92 Å². The molecule has 1 heterocycles. The van der Waals surface area contributed by atoms with Gasteiger partial charge in [-0.2, -0.15) is 0 Å². The lowest BCUT2D eigenvalue weighted by Crippen LogP contribution is -2.41. The van der Waals surface area contributed by atoms with E-state index in [1.54, 1.807) is 6.07 Å². The average molecular weight is 228 g/mol. The smallest absolute Gasteiger partial charge is 0.312 e. The minimum atomic E-state index is -3.49. The van der Waals surface area contributed by atoms with Crippen molar-refractivity contribution in [1.29, 1.82) is 0 Å². The molecule has 86 valence electrons. The third-order valence-corrected chi connectivity index (χ3v) is 2.19. The van der Waals surface area contributed by atoms with Gasteiger partial charge in [0.2, 0.25) is 0 Å². The number of carboxylic acid groups (broad SMARTS) is 1. The van der Waals surface area contributed by atoms with Crippen LogP contribution in [0.4, 0.5) is 0 Å². The lowest BCUT2D eigenvalue weighted by Gasteiger charge is -2.29. The highest BCUT2D eigenvalue weighted by molar-refractivity contribution is 5.77. The molecule has 1 fully saturated rings. The molecule has 1 saturated heterocycles. The number of rotatable bonds is 3. The van der Waals surface area contributed by atoms with E-state index in [9.17, 15) is 9.90 Å². The highest BCUT2D eigenvalue weighted by atomic mass is 16.4. The van der Waals surface area contributed by atoms with Crippen molar-refractivity contribution in [2.45, 2.75) is 31.1 Å². The van der Waals surface area contributed by atoms with Gasteiger partial charge in [-0.25, -0.2) is 0 Å². The van der Waals surface area contributed by atoms with Gasteiger partial charge in [-0.3, -0.25) is 4.79 Å². The molecule has 1 aliphatic heterocycles. The van der Waals surface area contributed by atoms with Gasteiger partial charge in [-0.15, -0.1) is 0 Å². The Morgan fingerprint density at radius 2 is 2.25 bits per heavy atom. The van der Waals surface area contributed by atoms with Crippen molar-refractivity contribution in [2.24, 2.45) is 0 Å². The molecular formula is C13H17NO2. The normalized spacial score (nSPS) is 48.1. The Morgan fingerprint density at radius 1 is 1.50 bits per heavy atom. The predicted molar refractivity (Wildman–Crippen MR) is 62.5 cm³/mol. The zero-order valence-electron chi connectivity index (χ0n) is 17.3. The van der Waals surface area contributed by atoms with E-state index >= 15 is 0 Å². The van der Waals surface area contributed by atoms with E-state index in [1.807, 2.05) is 5.32 Å². The van der Waals surface area contributed by atoms with Gasteiger partial charge in [0.1, 0.15) is 0 Å². The number of nitrogens with one attached hydrogen (secondary N) is 1. The summed E-state index contributed by atoms with van der Waals surface area (Å²) in [6.45, 7) is -3.19. The Hall–Kier alpha value is -1.35. The van der Waals surface area contributed by atoms with Gasteiger partial charge < -0.3 is 10.4 Å². The van der Waals surface area contributed by atoms with Crippen LogP contribution in [0.25, 0.3) is 0 Å². The van der Waals surface area contributed by atoms with E-state index < -0.39 is 43.5 Å². The van der Waals surface area contributed by atoms with Gasteiger partial charge >= 0.3 is 5.97 Å². The van der Waals surface area contributed by atoms with Crippen molar-refractivity contribution in [3.63, 3.8) is 0 Å². The van der Waals surface area contributed by atoms with Gasteiger partial charge in [0.15, 0.2) is 0 Å². The van der Waals surface area contributed by atoms with Crippen molar-refractivity contribution >= 4 is 5.97 Å². The molecular weight excluding hydrogens is 202 g/mol. The largest absolute Gasteiger partial charge is 0.481 e. The number of carboxylic acids is 1. The minimum Gasteiger partial charge on any atom is -0.481 e. The van der Waals surface area contributed by atoms with Crippen LogP contribution in [0, 0.1) is 0 Å². The first-order valence-electron chi connectivity index (χ1n) is 9.20. The van der Waals surface area contributed by atoms with Crippen molar-refractivity contribution in [2.75, 3.05) is 6.50 Å². The van der Waals surface area contributed by atoms with Crippen LogP contribution in [0.2, 0.25) is 0 Å². The second kappa shape index (κ2) is 5.12. The van der Waals surface area contributed by atoms with Crippen LogP contribution < -0.4 is 5.32 Å². The maximum Gasteiger partial charge on any atom is 0.312 e. The first-order valence-corrected chi connectivity index (χ1v) is 4.70. The molecule has 0 saturated carbocycles. The topological polar surface area (TPSA) is 49.3 Å². The Bertz CT molecular complexity index is 679. The molecule has 1 aromatic rings. The van der Waals surface area contributed by atoms with E-state index in [1.165, 1.54) is 24.3 Å². The standard InChI is InChI=1S/C13H17NO2/c15-13(16)12(10-6-2-1-3-7-10)11-8-4-5-9-14-11/h1-3,6-7,11-12,14H,4-5,8-9H2,(H,15,16)/i4D2,5D2,8D2,9D2,11D. The third kappa shape index (κ3) is 2.42. The summed E-state index contributed by atoms with van der Waals surface area (Å²) in [5, 5.41) is 11.4. The molecule has 0 aromatic heterocycles. The lowest BCUT2D eigenvalue weighted by atomic mass is 9.86. The summed E-state index contributed by atoms with van der Waals surface area (Å²) in [4.78, 5) is 11.8. The fourth-order valence-electron chi connectivity index (χ4n) is 1.48. The van der Waals surface area contributed by atoms with E-state index in [0.717, 1.165) is 0 Å². The van der Waals surface area contributed by atoms with Crippen LogP contribution in [-0.2, 0) is 4.79 Å². The molecule has 2 N–H and O–H groups in total. The zero-order valence-corrected chi connectivity index (χ0v) is 8.32. The quantitative estimate of drug-likeness (QED) is 0.832. The first-order chi connectivity index (χ1) is 11.1. The molecule has 2 unspecified atom stereocenters. The maximum atomic E-state index is 11.8. The Kier molecular flexibility index (Phi) is 1.44. The number of hydrogen-bond donors (Lipinski definition) is 2. The fourth-order valence-corrected chi connectivity index (χ4v) is 1.48. The summed E-state index contributed by atoms with van der Waals surface area (Å²) >= 11 is 0. The van der Waals surface area contributed by atoms with Crippen molar-refractivity contribution in [1.82, 2.24) is 5.32 Å². The molecule has 1 aliphatic rings. The van der Waals surface area contributed by atoms with Gasteiger partial charge in [0, 0.05) is 18.4 Å². The van der Waals surface area contributed by atoms with Crippen molar-refractivity contribution < 1.29 is 22.2 Å². The van der Waals surface area contributed by atoms with Gasteiger partial charge in [-0.1, -0.05) is 36.7 Å². The highest BCUT2D eigenvalue weighted by Crippen LogP contribution is 2.25. The van der Waals surface area contributed by atoms with Crippen LogP contribution in [0.5, 0.6) is 0 Å². The summed E-state index contributed by atoms with van der Waals surface area (Å²) in [5.74, 6) is -3.64. The SMILES string of the molecule is [2H]C1([2H])NC([2H])(C(C(=O)O)c2ccccc2)C([2H])([2H])C([2H])([2H])C1([2H])[2H]. The predicted octanol–water partition coefficient (Wildman–Crippen LogP) is 2.00. The molecule has 0 bridgehead atoms. The molecule has 2 atom stereocenters. The van der Waals surface area contributed by atoms with Crippen molar-refractivity contribution in [3.8, 4) is 0 Å².